The van der Waals surface area contributed by atoms with Gasteiger partial charge in [-0.2, -0.15) is 0 Å². The number of anilines is 2. The number of imide groups is 1. The maximum absolute atomic E-state index is 13.5. The Bertz CT molecular complexity index is 1140. The van der Waals surface area contributed by atoms with Crippen LogP contribution in [0.25, 0.3) is 5.57 Å². The molecule has 0 saturated heterocycles. The quantitative estimate of drug-likeness (QED) is 0.577. The molecule has 4 rings (SSSR count). The molecule has 6 nitrogen and oxygen atoms in total. The molecule has 2 amide bonds. The van der Waals surface area contributed by atoms with Gasteiger partial charge in [0.05, 0.1) is 25.0 Å². The monoisotopic (exact) mass is 414 g/mol. The number of nitrogens with zero attached hydrogens (tertiary/aromatic N) is 1. The number of carbonyl (C=O) groups excluding carboxylic acids is 2. The van der Waals surface area contributed by atoms with Crippen molar-refractivity contribution in [2.24, 2.45) is 0 Å². The Morgan fingerprint density at radius 3 is 2.26 bits per heavy atom. The summed E-state index contributed by atoms with van der Waals surface area (Å²) in [6.45, 7) is 2.37. The number of para-hydroxylation sites is 1. The molecule has 31 heavy (non-hydrogen) atoms. The Labute approximate surface area is 180 Å². The first-order valence-corrected chi connectivity index (χ1v) is 9.94. The first-order valence-electron chi connectivity index (χ1n) is 9.94. The first kappa shape index (κ1) is 20.2. The van der Waals surface area contributed by atoms with Gasteiger partial charge in [-0.25, -0.2) is 4.90 Å². The lowest BCUT2D eigenvalue weighted by Crippen LogP contribution is -2.32. The molecule has 0 atom stereocenters. The van der Waals surface area contributed by atoms with E-state index < -0.39 is 11.8 Å². The second-order valence-electron chi connectivity index (χ2n) is 6.85. The minimum Gasteiger partial charge on any atom is -0.497 e. The number of rotatable bonds is 7. The maximum atomic E-state index is 13.5. The van der Waals surface area contributed by atoms with E-state index >= 15 is 0 Å². The summed E-state index contributed by atoms with van der Waals surface area (Å²) in [5, 5.41) is 3.14. The van der Waals surface area contributed by atoms with Crippen molar-refractivity contribution < 1.29 is 19.1 Å². The summed E-state index contributed by atoms with van der Waals surface area (Å²) in [6, 6.07) is 23.3. The van der Waals surface area contributed by atoms with Crippen LogP contribution in [0.1, 0.15) is 12.5 Å². The van der Waals surface area contributed by atoms with Crippen LogP contribution in [0.5, 0.6) is 11.5 Å². The number of benzene rings is 3. The molecule has 0 spiro atoms. The molecule has 1 aliphatic rings. The van der Waals surface area contributed by atoms with E-state index in [9.17, 15) is 9.59 Å². The van der Waals surface area contributed by atoms with E-state index in [1.54, 1.807) is 55.6 Å². The van der Waals surface area contributed by atoms with E-state index in [0.29, 0.717) is 34.9 Å². The van der Waals surface area contributed by atoms with Gasteiger partial charge < -0.3 is 14.8 Å². The standard InChI is InChI=1S/C25H22N2O4/c1-3-31-21-11-7-10-19(16-21)27-24(28)22(17-12-14-20(30-2)15-13-17)23(25(27)29)26-18-8-5-4-6-9-18/h4-16,26H,3H2,1-2H3. The number of hydrogen-bond donors (Lipinski definition) is 1. The molecule has 1 N–H and O–H groups in total. The molecule has 0 radical (unpaired) electrons. The second kappa shape index (κ2) is 8.75. The Kier molecular flexibility index (Phi) is 5.71. The van der Waals surface area contributed by atoms with Crippen molar-refractivity contribution in [1.29, 1.82) is 0 Å². The van der Waals surface area contributed by atoms with Gasteiger partial charge in [0.15, 0.2) is 0 Å². The zero-order valence-electron chi connectivity index (χ0n) is 17.3. The summed E-state index contributed by atoms with van der Waals surface area (Å²) in [6.07, 6.45) is 0. The van der Waals surface area contributed by atoms with Gasteiger partial charge in [0.25, 0.3) is 11.8 Å². The third-order valence-electron chi connectivity index (χ3n) is 4.89. The number of hydrogen-bond acceptors (Lipinski definition) is 5. The van der Waals surface area contributed by atoms with Gasteiger partial charge in [-0.15, -0.1) is 0 Å². The smallest absolute Gasteiger partial charge is 0.282 e. The van der Waals surface area contributed by atoms with Gasteiger partial charge in [-0.05, 0) is 48.9 Å². The van der Waals surface area contributed by atoms with Gasteiger partial charge in [-0.3, -0.25) is 9.59 Å². The number of methoxy groups -OCH3 is 1. The summed E-state index contributed by atoms with van der Waals surface area (Å²) >= 11 is 0. The van der Waals surface area contributed by atoms with E-state index in [2.05, 4.69) is 5.32 Å². The minimum atomic E-state index is -0.423. The van der Waals surface area contributed by atoms with Crippen molar-refractivity contribution in [2.75, 3.05) is 23.9 Å². The van der Waals surface area contributed by atoms with Gasteiger partial charge >= 0.3 is 0 Å². The number of carbonyl (C=O) groups is 2. The minimum absolute atomic E-state index is 0.225. The van der Waals surface area contributed by atoms with Crippen molar-refractivity contribution in [2.45, 2.75) is 6.92 Å². The van der Waals surface area contributed by atoms with Crippen LogP contribution in [0.3, 0.4) is 0 Å². The number of amides is 2. The molecule has 6 heteroatoms. The zero-order chi connectivity index (χ0) is 21.8. The molecule has 0 aromatic heterocycles. The van der Waals surface area contributed by atoms with E-state index in [1.807, 2.05) is 37.3 Å². The summed E-state index contributed by atoms with van der Waals surface area (Å²) in [7, 11) is 1.58. The van der Waals surface area contributed by atoms with Crippen LogP contribution in [0, 0.1) is 0 Å². The molecular formula is C25H22N2O4. The van der Waals surface area contributed by atoms with Crippen LogP contribution in [-0.4, -0.2) is 25.5 Å². The number of ether oxygens (including phenoxy) is 2. The number of nitrogens with one attached hydrogen (secondary N) is 1. The molecule has 3 aromatic carbocycles. The third-order valence-corrected chi connectivity index (χ3v) is 4.89. The molecule has 0 aliphatic carbocycles. The van der Waals surface area contributed by atoms with Crippen molar-refractivity contribution >= 4 is 28.8 Å². The van der Waals surface area contributed by atoms with Crippen LogP contribution in [0.15, 0.2) is 84.6 Å². The van der Waals surface area contributed by atoms with Crippen LogP contribution >= 0.6 is 0 Å². The molecule has 1 heterocycles. The molecule has 156 valence electrons. The highest BCUT2D eigenvalue weighted by Crippen LogP contribution is 2.35. The second-order valence-corrected chi connectivity index (χ2v) is 6.85. The summed E-state index contributed by atoms with van der Waals surface area (Å²) < 4.78 is 10.8. The summed E-state index contributed by atoms with van der Waals surface area (Å²) in [5.74, 6) is 0.437. The average Bonchev–Trinajstić information content (AvgIpc) is 3.04. The van der Waals surface area contributed by atoms with Gasteiger partial charge in [0.2, 0.25) is 0 Å². The van der Waals surface area contributed by atoms with Crippen LogP contribution in [-0.2, 0) is 9.59 Å². The average molecular weight is 414 g/mol. The Balaban J connectivity index is 1.78. The molecule has 1 aliphatic heterocycles. The van der Waals surface area contributed by atoms with Gasteiger partial charge in [0, 0.05) is 11.8 Å². The molecule has 0 bridgehead atoms. The molecule has 0 fully saturated rings. The zero-order valence-corrected chi connectivity index (χ0v) is 17.3. The van der Waals surface area contributed by atoms with Crippen molar-refractivity contribution in [3.63, 3.8) is 0 Å². The largest absolute Gasteiger partial charge is 0.497 e. The fraction of sp³-hybridized carbons (Fsp3) is 0.120. The Morgan fingerprint density at radius 2 is 1.58 bits per heavy atom. The van der Waals surface area contributed by atoms with Gasteiger partial charge in [0.1, 0.15) is 17.2 Å². The van der Waals surface area contributed by atoms with E-state index in [4.69, 9.17) is 9.47 Å². The molecule has 3 aromatic rings. The van der Waals surface area contributed by atoms with Crippen molar-refractivity contribution in [3.05, 3.63) is 90.1 Å². The Morgan fingerprint density at radius 1 is 0.839 bits per heavy atom. The van der Waals surface area contributed by atoms with Gasteiger partial charge in [-0.1, -0.05) is 36.4 Å². The van der Waals surface area contributed by atoms with Crippen LogP contribution in [0.2, 0.25) is 0 Å². The molecule has 0 unspecified atom stereocenters. The first-order chi connectivity index (χ1) is 15.1. The van der Waals surface area contributed by atoms with E-state index in [-0.39, 0.29) is 5.70 Å². The fourth-order valence-electron chi connectivity index (χ4n) is 3.45. The maximum Gasteiger partial charge on any atom is 0.282 e. The highest BCUT2D eigenvalue weighted by atomic mass is 16.5. The predicted octanol–water partition coefficient (Wildman–Crippen LogP) is 4.49. The normalized spacial score (nSPS) is 13.5. The third kappa shape index (κ3) is 4.00. The molecular weight excluding hydrogens is 392 g/mol. The fourth-order valence-corrected chi connectivity index (χ4v) is 3.45. The topological polar surface area (TPSA) is 67.9 Å². The van der Waals surface area contributed by atoms with Crippen molar-refractivity contribution in [1.82, 2.24) is 0 Å². The lowest BCUT2D eigenvalue weighted by Gasteiger charge is -2.16. The predicted molar refractivity (Wildman–Crippen MR) is 120 cm³/mol. The van der Waals surface area contributed by atoms with Crippen LogP contribution < -0.4 is 19.7 Å². The van der Waals surface area contributed by atoms with E-state index in [1.165, 1.54) is 4.90 Å². The summed E-state index contributed by atoms with van der Waals surface area (Å²) in [5.41, 5.74) is 2.33. The summed E-state index contributed by atoms with van der Waals surface area (Å²) in [4.78, 5) is 28.1. The highest BCUT2D eigenvalue weighted by molar-refractivity contribution is 6.46. The Hall–Kier alpha value is -4.06. The molecule has 0 saturated carbocycles. The van der Waals surface area contributed by atoms with Crippen molar-refractivity contribution in [3.8, 4) is 11.5 Å². The van der Waals surface area contributed by atoms with Crippen LogP contribution in [0.4, 0.5) is 11.4 Å². The SMILES string of the molecule is CCOc1cccc(N2C(=O)C(Nc3ccccc3)=C(c3ccc(OC)cc3)C2=O)c1. The van der Waals surface area contributed by atoms with E-state index in [0.717, 1.165) is 5.69 Å². The lowest BCUT2D eigenvalue weighted by molar-refractivity contribution is -0.120. The lowest BCUT2D eigenvalue weighted by atomic mass is 10.0. The highest BCUT2D eigenvalue weighted by Gasteiger charge is 2.40.